The van der Waals surface area contributed by atoms with Gasteiger partial charge >= 0.3 is 0 Å². The predicted octanol–water partition coefficient (Wildman–Crippen LogP) is 2.14. The number of carbonyl (C=O) groups is 1. The van der Waals surface area contributed by atoms with Crippen LogP contribution in [0.15, 0.2) is 42.5 Å². The number of hydrogen-bond acceptors (Lipinski definition) is 4. The number of fused-ring (bicyclic) bond motifs is 1. The van der Waals surface area contributed by atoms with E-state index in [1.165, 1.54) is 5.56 Å². The van der Waals surface area contributed by atoms with E-state index in [2.05, 4.69) is 0 Å². The number of amides is 1. The Bertz CT molecular complexity index is 742. The zero-order valence-electron chi connectivity index (χ0n) is 12.2. The van der Waals surface area contributed by atoms with E-state index in [0.29, 0.717) is 11.5 Å². The van der Waals surface area contributed by atoms with Crippen molar-refractivity contribution >= 4 is 11.6 Å². The topological polar surface area (TPSA) is 64.8 Å². The van der Waals surface area contributed by atoms with Gasteiger partial charge in [0, 0.05) is 11.8 Å². The van der Waals surface area contributed by atoms with E-state index in [1.807, 2.05) is 49.4 Å². The molecule has 0 spiro atoms. The van der Waals surface area contributed by atoms with Crippen LogP contribution in [-0.2, 0) is 4.79 Å². The van der Waals surface area contributed by atoms with E-state index < -0.39 is 6.04 Å². The van der Waals surface area contributed by atoms with Gasteiger partial charge in [-0.25, -0.2) is 0 Å². The van der Waals surface area contributed by atoms with E-state index in [1.54, 1.807) is 4.90 Å². The largest absolute Gasteiger partial charge is 0.454 e. The fraction of sp³-hybridized carbons (Fsp3) is 0.235. The Kier molecular flexibility index (Phi) is 2.84. The van der Waals surface area contributed by atoms with Gasteiger partial charge in [0.1, 0.15) is 6.04 Å². The molecular weight excluding hydrogens is 280 g/mol. The Labute approximate surface area is 128 Å². The van der Waals surface area contributed by atoms with Crippen LogP contribution in [0.1, 0.15) is 17.2 Å². The van der Waals surface area contributed by atoms with Crippen LogP contribution in [0, 0.1) is 6.92 Å². The second-order valence-electron chi connectivity index (χ2n) is 5.63. The fourth-order valence-corrected chi connectivity index (χ4v) is 2.95. The standard InChI is InChI=1S/C17H16N2O3/c1-10-2-4-11(5-3-10)16-15(18)17(20)19(16)12-6-7-13-14(8-12)22-9-21-13/h2-8,15-16H,9,18H2,1H3/t15-,16-/m1/s1. The molecule has 0 unspecified atom stereocenters. The van der Waals surface area contributed by atoms with Gasteiger partial charge in [0.05, 0.1) is 6.04 Å². The minimum Gasteiger partial charge on any atom is -0.454 e. The molecule has 2 aromatic rings. The van der Waals surface area contributed by atoms with Gasteiger partial charge < -0.3 is 20.1 Å². The van der Waals surface area contributed by atoms with Gasteiger partial charge in [0.15, 0.2) is 11.5 Å². The summed E-state index contributed by atoms with van der Waals surface area (Å²) in [5.74, 6) is 1.28. The molecule has 1 fully saturated rings. The molecular formula is C17H16N2O3. The van der Waals surface area contributed by atoms with Crippen molar-refractivity contribution in [2.45, 2.75) is 19.0 Å². The average molecular weight is 296 g/mol. The monoisotopic (exact) mass is 296 g/mol. The van der Waals surface area contributed by atoms with Gasteiger partial charge in [-0.15, -0.1) is 0 Å². The van der Waals surface area contributed by atoms with Crippen LogP contribution >= 0.6 is 0 Å². The lowest BCUT2D eigenvalue weighted by molar-refractivity contribution is -0.126. The van der Waals surface area contributed by atoms with E-state index in [9.17, 15) is 4.79 Å². The number of nitrogens with two attached hydrogens (primary N) is 1. The predicted molar refractivity (Wildman–Crippen MR) is 81.9 cm³/mol. The first-order valence-corrected chi connectivity index (χ1v) is 7.20. The average Bonchev–Trinajstić information content (AvgIpc) is 3.00. The van der Waals surface area contributed by atoms with Crippen LogP contribution < -0.4 is 20.1 Å². The fourth-order valence-electron chi connectivity index (χ4n) is 2.95. The number of benzene rings is 2. The Hall–Kier alpha value is -2.53. The zero-order chi connectivity index (χ0) is 15.3. The normalized spacial score (nSPS) is 22.6. The van der Waals surface area contributed by atoms with E-state index in [-0.39, 0.29) is 18.7 Å². The van der Waals surface area contributed by atoms with Gasteiger partial charge in [0.25, 0.3) is 0 Å². The maximum Gasteiger partial charge on any atom is 0.247 e. The van der Waals surface area contributed by atoms with Crippen molar-refractivity contribution in [3.8, 4) is 11.5 Å². The molecule has 4 rings (SSSR count). The van der Waals surface area contributed by atoms with Crippen LogP contribution in [0.2, 0.25) is 0 Å². The molecule has 2 atom stereocenters. The van der Waals surface area contributed by atoms with E-state index in [0.717, 1.165) is 11.3 Å². The molecule has 0 aromatic heterocycles. The third kappa shape index (κ3) is 1.86. The maximum absolute atomic E-state index is 12.2. The second kappa shape index (κ2) is 4.74. The van der Waals surface area contributed by atoms with Crippen molar-refractivity contribution in [2.24, 2.45) is 5.73 Å². The Morgan fingerprint density at radius 3 is 2.59 bits per heavy atom. The summed E-state index contributed by atoms with van der Waals surface area (Å²) in [6.45, 7) is 2.25. The summed E-state index contributed by atoms with van der Waals surface area (Å²) in [6, 6.07) is 13.0. The number of ether oxygens (including phenoxy) is 2. The molecule has 112 valence electrons. The number of aryl methyl sites for hydroxylation is 1. The number of β-lactam (4-membered cyclic amide) rings is 1. The summed E-state index contributed by atoms with van der Waals surface area (Å²) in [7, 11) is 0. The lowest BCUT2D eigenvalue weighted by atomic mass is 9.88. The second-order valence-corrected chi connectivity index (χ2v) is 5.63. The van der Waals surface area contributed by atoms with Crippen LogP contribution in [-0.4, -0.2) is 18.7 Å². The third-order valence-corrected chi connectivity index (χ3v) is 4.19. The number of nitrogens with zero attached hydrogens (tertiary/aromatic N) is 1. The molecule has 2 aliphatic heterocycles. The van der Waals surface area contributed by atoms with Gasteiger partial charge in [-0.1, -0.05) is 29.8 Å². The highest BCUT2D eigenvalue weighted by atomic mass is 16.7. The molecule has 2 N–H and O–H groups in total. The smallest absolute Gasteiger partial charge is 0.247 e. The lowest BCUT2D eigenvalue weighted by Gasteiger charge is -2.45. The van der Waals surface area contributed by atoms with Crippen molar-refractivity contribution in [3.63, 3.8) is 0 Å². The third-order valence-electron chi connectivity index (χ3n) is 4.19. The van der Waals surface area contributed by atoms with Crippen molar-refractivity contribution in [2.75, 3.05) is 11.7 Å². The molecule has 0 saturated carbocycles. The summed E-state index contributed by atoms with van der Waals surface area (Å²) in [5, 5.41) is 0. The first-order valence-electron chi connectivity index (χ1n) is 7.20. The van der Waals surface area contributed by atoms with E-state index >= 15 is 0 Å². The first kappa shape index (κ1) is 13.2. The summed E-state index contributed by atoms with van der Waals surface area (Å²) in [6.07, 6.45) is 0. The molecule has 2 aromatic carbocycles. The molecule has 1 saturated heterocycles. The molecule has 5 heteroatoms. The van der Waals surface area contributed by atoms with Crippen molar-refractivity contribution in [1.82, 2.24) is 0 Å². The highest BCUT2D eigenvalue weighted by molar-refractivity contribution is 6.05. The Morgan fingerprint density at radius 2 is 1.82 bits per heavy atom. The summed E-state index contributed by atoms with van der Waals surface area (Å²) >= 11 is 0. The molecule has 0 radical (unpaired) electrons. The van der Waals surface area contributed by atoms with Crippen LogP contribution in [0.25, 0.3) is 0 Å². The van der Waals surface area contributed by atoms with Crippen LogP contribution in [0.4, 0.5) is 5.69 Å². The van der Waals surface area contributed by atoms with Crippen molar-refractivity contribution in [1.29, 1.82) is 0 Å². The summed E-state index contributed by atoms with van der Waals surface area (Å²) in [4.78, 5) is 14.0. The lowest BCUT2D eigenvalue weighted by Crippen LogP contribution is -2.63. The number of rotatable bonds is 2. The summed E-state index contributed by atoms with van der Waals surface area (Å²) in [5.41, 5.74) is 9.02. The van der Waals surface area contributed by atoms with Crippen LogP contribution in [0.3, 0.4) is 0 Å². The van der Waals surface area contributed by atoms with Crippen molar-refractivity contribution in [3.05, 3.63) is 53.6 Å². The number of anilines is 1. The molecule has 22 heavy (non-hydrogen) atoms. The molecule has 2 aliphatic rings. The Morgan fingerprint density at radius 1 is 1.09 bits per heavy atom. The van der Waals surface area contributed by atoms with Crippen molar-refractivity contribution < 1.29 is 14.3 Å². The summed E-state index contributed by atoms with van der Waals surface area (Å²) < 4.78 is 10.7. The van der Waals surface area contributed by atoms with Gasteiger partial charge in [0.2, 0.25) is 12.7 Å². The maximum atomic E-state index is 12.2. The Balaban J connectivity index is 1.70. The van der Waals surface area contributed by atoms with Gasteiger partial charge in [-0.05, 0) is 24.6 Å². The van der Waals surface area contributed by atoms with Gasteiger partial charge in [-0.3, -0.25) is 4.79 Å². The number of carbonyl (C=O) groups excluding carboxylic acids is 1. The molecule has 1 amide bonds. The molecule has 0 aliphatic carbocycles. The minimum atomic E-state index is -0.506. The highest BCUT2D eigenvalue weighted by Crippen LogP contribution is 2.42. The van der Waals surface area contributed by atoms with E-state index in [4.69, 9.17) is 15.2 Å². The zero-order valence-corrected chi connectivity index (χ0v) is 12.2. The SMILES string of the molecule is Cc1ccc([C@@H]2[C@@H](N)C(=O)N2c2ccc3c(c2)OCO3)cc1. The quantitative estimate of drug-likeness (QED) is 0.862. The van der Waals surface area contributed by atoms with Gasteiger partial charge in [-0.2, -0.15) is 0 Å². The molecule has 2 heterocycles. The highest BCUT2D eigenvalue weighted by Gasteiger charge is 2.46. The van der Waals surface area contributed by atoms with Crippen LogP contribution in [0.5, 0.6) is 11.5 Å². The number of hydrogen-bond donors (Lipinski definition) is 1. The first-order chi connectivity index (χ1) is 10.6. The molecule has 5 nitrogen and oxygen atoms in total. The minimum absolute atomic E-state index is 0.0792. The molecule has 0 bridgehead atoms.